The molecule has 2 rings (SSSR count). The largest absolute Gasteiger partial charge is 0.496 e. The fourth-order valence-corrected chi connectivity index (χ4v) is 2.82. The molecule has 1 aromatic carbocycles. The number of rotatable bonds is 3. The van der Waals surface area contributed by atoms with E-state index in [2.05, 4.69) is 0 Å². The maximum absolute atomic E-state index is 11.1. The second-order valence-corrected chi connectivity index (χ2v) is 5.34. The lowest BCUT2D eigenvalue weighted by Gasteiger charge is -2.08. The number of carboxylic acid groups (broad SMARTS) is 1. The standard InChI is InChI=1S/C14H18O3/c1-8-7-9(5-6-10(8)17-4)11-12(13(15)16)14(11,2)3/h5-7,11-12H,1-4H3,(H,15,16). The van der Waals surface area contributed by atoms with Crippen LogP contribution in [0.1, 0.15) is 30.9 Å². The van der Waals surface area contributed by atoms with Gasteiger partial charge in [0.25, 0.3) is 0 Å². The highest BCUT2D eigenvalue weighted by Gasteiger charge is 2.62. The van der Waals surface area contributed by atoms with Crippen LogP contribution >= 0.6 is 0 Å². The Kier molecular flexibility index (Phi) is 2.64. The molecule has 0 bridgehead atoms. The van der Waals surface area contributed by atoms with Gasteiger partial charge in [-0.1, -0.05) is 26.0 Å². The van der Waals surface area contributed by atoms with E-state index in [9.17, 15) is 4.79 Å². The van der Waals surface area contributed by atoms with Crippen LogP contribution in [0.15, 0.2) is 18.2 Å². The van der Waals surface area contributed by atoms with E-state index in [1.54, 1.807) is 7.11 Å². The minimum absolute atomic E-state index is 0.115. The third-order valence-corrected chi connectivity index (χ3v) is 3.87. The van der Waals surface area contributed by atoms with Crippen molar-refractivity contribution >= 4 is 5.97 Å². The summed E-state index contributed by atoms with van der Waals surface area (Å²) in [7, 11) is 1.64. The van der Waals surface area contributed by atoms with Crippen LogP contribution in [0.3, 0.4) is 0 Å². The fraction of sp³-hybridized carbons (Fsp3) is 0.500. The average Bonchev–Trinajstić information content (AvgIpc) is 2.81. The zero-order valence-corrected chi connectivity index (χ0v) is 10.7. The second kappa shape index (κ2) is 3.76. The van der Waals surface area contributed by atoms with E-state index < -0.39 is 5.97 Å². The predicted octanol–water partition coefficient (Wildman–Crippen LogP) is 2.83. The van der Waals surface area contributed by atoms with E-state index in [0.29, 0.717) is 0 Å². The Morgan fingerprint density at radius 1 is 1.41 bits per heavy atom. The number of aryl methyl sites for hydroxylation is 1. The van der Waals surface area contributed by atoms with E-state index in [0.717, 1.165) is 16.9 Å². The molecule has 0 amide bonds. The molecule has 0 aliphatic heterocycles. The molecule has 2 atom stereocenters. The van der Waals surface area contributed by atoms with Gasteiger partial charge in [0, 0.05) is 5.92 Å². The van der Waals surface area contributed by atoms with Crippen LogP contribution < -0.4 is 4.74 Å². The first-order valence-corrected chi connectivity index (χ1v) is 5.77. The Balaban J connectivity index is 2.31. The van der Waals surface area contributed by atoms with Crippen LogP contribution in [-0.4, -0.2) is 18.2 Å². The Bertz CT molecular complexity index is 463. The summed E-state index contributed by atoms with van der Waals surface area (Å²) in [6, 6.07) is 5.92. The van der Waals surface area contributed by atoms with Gasteiger partial charge in [-0.05, 0) is 29.5 Å². The smallest absolute Gasteiger partial charge is 0.307 e. The monoisotopic (exact) mass is 234 g/mol. The van der Waals surface area contributed by atoms with Gasteiger partial charge in [-0.3, -0.25) is 4.79 Å². The van der Waals surface area contributed by atoms with Crippen molar-refractivity contribution in [2.24, 2.45) is 11.3 Å². The van der Waals surface area contributed by atoms with Crippen molar-refractivity contribution in [1.82, 2.24) is 0 Å². The van der Waals surface area contributed by atoms with Crippen molar-refractivity contribution in [3.63, 3.8) is 0 Å². The summed E-state index contributed by atoms with van der Waals surface area (Å²) >= 11 is 0. The van der Waals surface area contributed by atoms with Gasteiger partial charge in [-0.2, -0.15) is 0 Å². The molecular weight excluding hydrogens is 216 g/mol. The molecule has 3 heteroatoms. The molecule has 1 fully saturated rings. The van der Waals surface area contributed by atoms with Gasteiger partial charge in [-0.15, -0.1) is 0 Å². The Hall–Kier alpha value is -1.51. The van der Waals surface area contributed by atoms with E-state index in [-0.39, 0.29) is 17.3 Å². The molecule has 0 aromatic heterocycles. The fourth-order valence-electron chi connectivity index (χ4n) is 2.82. The quantitative estimate of drug-likeness (QED) is 0.874. The van der Waals surface area contributed by atoms with Crippen LogP contribution in [0.2, 0.25) is 0 Å². The van der Waals surface area contributed by atoms with Gasteiger partial charge in [-0.25, -0.2) is 0 Å². The summed E-state index contributed by atoms with van der Waals surface area (Å²) in [4.78, 5) is 11.1. The molecule has 0 heterocycles. The third kappa shape index (κ3) is 1.79. The van der Waals surface area contributed by atoms with Gasteiger partial charge < -0.3 is 9.84 Å². The molecule has 0 radical (unpaired) electrons. The minimum atomic E-state index is -0.700. The van der Waals surface area contributed by atoms with Gasteiger partial charge in [0.1, 0.15) is 5.75 Å². The molecule has 3 nitrogen and oxygen atoms in total. The van der Waals surface area contributed by atoms with Crippen molar-refractivity contribution in [2.75, 3.05) is 7.11 Å². The number of carboxylic acids is 1. The van der Waals surface area contributed by atoms with Crippen LogP contribution in [0.4, 0.5) is 0 Å². The number of carbonyl (C=O) groups is 1. The number of ether oxygens (including phenoxy) is 1. The summed E-state index contributed by atoms with van der Waals surface area (Å²) < 4.78 is 5.21. The van der Waals surface area contributed by atoms with E-state index in [1.165, 1.54) is 0 Å². The molecule has 2 unspecified atom stereocenters. The average molecular weight is 234 g/mol. The third-order valence-electron chi connectivity index (χ3n) is 3.87. The molecule has 1 aliphatic rings. The topological polar surface area (TPSA) is 46.5 Å². The summed E-state index contributed by atoms with van der Waals surface area (Å²) in [5.74, 6) is -0.00699. The Morgan fingerprint density at radius 3 is 2.47 bits per heavy atom. The van der Waals surface area contributed by atoms with Crippen molar-refractivity contribution in [3.8, 4) is 5.75 Å². The molecule has 1 N–H and O–H groups in total. The lowest BCUT2D eigenvalue weighted by atomic mass is 10.0. The number of methoxy groups -OCH3 is 1. The molecule has 92 valence electrons. The lowest BCUT2D eigenvalue weighted by Crippen LogP contribution is -2.03. The number of hydrogen-bond donors (Lipinski definition) is 1. The first kappa shape index (κ1) is 12.0. The van der Waals surface area contributed by atoms with Crippen molar-refractivity contribution < 1.29 is 14.6 Å². The Morgan fingerprint density at radius 2 is 2.06 bits per heavy atom. The van der Waals surface area contributed by atoms with Gasteiger partial charge in [0.2, 0.25) is 0 Å². The SMILES string of the molecule is COc1ccc(C2C(C(=O)O)C2(C)C)cc1C. The maximum Gasteiger partial charge on any atom is 0.307 e. The van der Waals surface area contributed by atoms with Gasteiger partial charge in [0.15, 0.2) is 0 Å². The number of benzene rings is 1. The molecule has 0 saturated heterocycles. The predicted molar refractivity (Wildman–Crippen MR) is 65.4 cm³/mol. The molecule has 0 spiro atoms. The molecule has 17 heavy (non-hydrogen) atoms. The van der Waals surface area contributed by atoms with Gasteiger partial charge in [0.05, 0.1) is 13.0 Å². The summed E-state index contributed by atoms with van der Waals surface area (Å²) in [6.45, 7) is 6.00. The highest BCUT2D eigenvalue weighted by molar-refractivity contribution is 5.77. The highest BCUT2D eigenvalue weighted by Crippen LogP contribution is 2.64. The van der Waals surface area contributed by atoms with E-state index >= 15 is 0 Å². The molecule has 1 saturated carbocycles. The van der Waals surface area contributed by atoms with Crippen LogP contribution in [0.5, 0.6) is 5.75 Å². The zero-order valence-electron chi connectivity index (χ0n) is 10.7. The molecule has 1 aromatic rings. The van der Waals surface area contributed by atoms with E-state index in [4.69, 9.17) is 9.84 Å². The normalized spacial score (nSPS) is 25.4. The molecule has 1 aliphatic carbocycles. The number of aliphatic carboxylic acids is 1. The van der Waals surface area contributed by atoms with Crippen LogP contribution in [0, 0.1) is 18.3 Å². The summed E-state index contributed by atoms with van der Waals surface area (Å²) in [5.41, 5.74) is 2.00. The first-order chi connectivity index (χ1) is 7.89. The van der Waals surface area contributed by atoms with Crippen LogP contribution in [-0.2, 0) is 4.79 Å². The lowest BCUT2D eigenvalue weighted by molar-refractivity contribution is -0.139. The zero-order chi connectivity index (χ0) is 12.8. The maximum atomic E-state index is 11.1. The minimum Gasteiger partial charge on any atom is -0.496 e. The van der Waals surface area contributed by atoms with E-state index in [1.807, 2.05) is 39.0 Å². The van der Waals surface area contributed by atoms with Crippen molar-refractivity contribution in [1.29, 1.82) is 0 Å². The second-order valence-electron chi connectivity index (χ2n) is 5.34. The number of hydrogen-bond acceptors (Lipinski definition) is 2. The molecular formula is C14H18O3. The Labute approximate surface area is 101 Å². The summed E-state index contributed by atoms with van der Waals surface area (Å²) in [5, 5.41) is 9.17. The highest BCUT2D eigenvalue weighted by atomic mass is 16.5. The summed E-state index contributed by atoms with van der Waals surface area (Å²) in [6.07, 6.45) is 0. The van der Waals surface area contributed by atoms with Gasteiger partial charge >= 0.3 is 5.97 Å². The first-order valence-electron chi connectivity index (χ1n) is 5.77. The van der Waals surface area contributed by atoms with Crippen LogP contribution in [0.25, 0.3) is 0 Å². The van der Waals surface area contributed by atoms with Crippen molar-refractivity contribution in [3.05, 3.63) is 29.3 Å². The van der Waals surface area contributed by atoms with Crippen molar-refractivity contribution in [2.45, 2.75) is 26.7 Å².